The molecule has 0 radical (unpaired) electrons. The van der Waals surface area contributed by atoms with Gasteiger partial charge in [0.05, 0.1) is 27.5 Å². The van der Waals surface area contributed by atoms with Crippen LogP contribution in [0, 0.1) is 10.1 Å². The zero-order valence-corrected chi connectivity index (χ0v) is 13.7. The minimum atomic E-state index is -0.463. The van der Waals surface area contributed by atoms with Crippen LogP contribution in [0.3, 0.4) is 0 Å². The first-order chi connectivity index (χ1) is 12.5. The number of rotatable bonds is 5. The molecular weight excluding hydrogens is 332 g/mol. The van der Waals surface area contributed by atoms with Crippen LogP contribution in [-0.2, 0) is 0 Å². The molecule has 0 bridgehead atoms. The quantitative estimate of drug-likeness (QED) is 0.364. The molecule has 3 aromatic carbocycles. The smallest absolute Gasteiger partial charge is 0.269 e. The number of carbonyl (C=O) groups excluding carboxylic acids is 1. The zero-order chi connectivity index (χ0) is 18.5. The molecule has 0 aliphatic carbocycles. The Labute approximate surface area is 149 Å². The van der Waals surface area contributed by atoms with Crippen LogP contribution in [0.1, 0.15) is 10.4 Å². The van der Waals surface area contributed by atoms with Gasteiger partial charge in [0.1, 0.15) is 0 Å². The minimum absolute atomic E-state index is 0.00105. The highest BCUT2D eigenvalue weighted by atomic mass is 16.6. The Hall–Kier alpha value is -3.87. The fourth-order valence-corrected chi connectivity index (χ4v) is 2.41. The largest absolute Gasteiger partial charge is 0.397 e. The van der Waals surface area contributed by atoms with E-state index >= 15 is 0 Å². The van der Waals surface area contributed by atoms with Gasteiger partial charge < -0.3 is 16.4 Å². The molecule has 0 aromatic heterocycles. The van der Waals surface area contributed by atoms with Crippen LogP contribution in [-0.4, -0.2) is 10.8 Å². The lowest BCUT2D eigenvalue weighted by atomic mass is 10.1. The van der Waals surface area contributed by atoms with Gasteiger partial charge in [-0.3, -0.25) is 14.9 Å². The van der Waals surface area contributed by atoms with Gasteiger partial charge in [0, 0.05) is 17.8 Å². The summed E-state index contributed by atoms with van der Waals surface area (Å²) in [4.78, 5) is 22.9. The number of nitrogen functional groups attached to an aromatic ring is 1. The standard InChI is InChI=1S/C19H16N4O3/c20-16-6-2-4-8-18(16)22-19(24)15-5-1-3-7-17(15)21-13-9-11-14(12-10-13)23(25)26/h1-12,21H,20H2,(H,22,24). The molecule has 0 spiro atoms. The van der Waals surface area contributed by atoms with Crippen molar-refractivity contribution in [2.75, 3.05) is 16.4 Å². The van der Waals surface area contributed by atoms with Crippen LogP contribution < -0.4 is 16.4 Å². The van der Waals surface area contributed by atoms with Crippen molar-refractivity contribution < 1.29 is 9.72 Å². The molecular formula is C19H16N4O3. The molecule has 4 N–H and O–H groups in total. The summed E-state index contributed by atoms with van der Waals surface area (Å²) >= 11 is 0. The SMILES string of the molecule is Nc1ccccc1NC(=O)c1ccccc1Nc1ccc([N+](=O)[O-])cc1. The summed E-state index contributed by atoms with van der Waals surface area (Å²) < 4.78 is 0. The van der Waals surface area contributed by atoms with Crippen LogP contribution in [0.25, 0.3) is 0 Å². The van der Waals surface area contributed by atoms with Gasteiger partial charge in [-0.05, 0) is 36.4 Å². The number of non-ortho nitro benzene ring substituents is 1. The lowest BCUT2D eigenvalue weighted by molar-refractivity contribution is -0.384. The lowest BCUT2D eigenvalue weighted by Gasteiger charge is -2.13. The molecule has 0 unspecified atom stereocenters. The summed E-state index contributed by atoms with van der Waals surface area (Å²) in [6.07, 6.45) is 0. The molecule has 0 aliphatic rings. The van der Waals surface area contributed by atoms with E-state index in [9.17, 15) is 14.9 Å². The summed E-state index contributed by atoms with van der Waals surface area (Å²) in [5.41, 5.74) is 8.50. The summed E-state index contributed by atoms with van der Waals surface area (Å²) in [5, 5.41) is 16.6. The van der Waals surface area contributed by atoms with E-state index in [4.69, 9.17) is 5.73 Å². The molecule has 0 aliphatic heterocycles. The number of anilines is 4. The van der Waals surface area contributed by atoms with Crippen molar-refractivity contribution in [1.29, 1.82) is 0 Å². The summed E-state index contributed by atoms with van der Waals surface area (Å²) in [5.74, 6) is -0.312. The molecule has 0 fully saturated rings. The van der Waals surface area contributed by atoms with Crippen LogP contribution in [0.4, 0.5) is 28.4 Å². The average Bonchev–Trinajstić information content (AvgIpc) is 2.64. The first-order valence-corrected chi connectivity index (χ1v) is 7.81. The van der Waals surface area contributed by atoms with Gasteiger partial charge in [-0.25, -0.2) is 0 Å². The first-order valence-electron chi connectivity index (χ1n) is 7.81. The average molecular weight is 348 g/mol. The van der Waals surface area contributed by atoms with Gasteiger partial charge in [-0.2, -0.15) is 0 Å². The molecule has 0 saturated carbocycles. The highest BCUT2D eigenvalue weighted by molar-refractivity contribution is 6.09. The molecule has 0 atom stereocenters. The third-order valence-corrected chi connectivity index (χ3v) is 3.74. The molecule has 7 heteroatoms. The molecule has 0 heterocycles. The van der Waals surface area contributed by atoms with E-state index < -0.39 is 4.92 Å². The number of para-hydroxylation sites is 3. The normalized spacial score (nSPS) is 10.2. The van der Waals surface area contributed by atoms with E-state index in [2.05, 4.69) is 10.6 Å². The van der Waals surface area contributed by atoms with Crippen molar-refractivity contribution in [1.82, 2.24) is 0 Å². The van der Waals surface area contributed by atoms with Gasteiger partial charge in [0.25, 0.3) is 11.6 Å². The molecule has 0 saturated heterocycles. The highest BCUT2D eigenvalue weighted by Crippen LogP contribution is 2.25. The Morgan fingerprint density at radius 1 is 0.885 bits per heavy atom. The number of hydrogen-bond donors (Lipinski definition) is 3. The molecule has 26 heavy (non-hydrogen) atoms. The number of nitrogens with two attached hydrogens (primary N) is 1. The topological polar surface area (TPSA) is 110 Å². The zero-order valence-electron chi connectivity index (χ0n) is 13.7. The number of carbonyl (C=O) groups is 1. The van der Waals surface area contributed by atoms with E-state index in [1.165, 1.54) is 12.1 Å². The summed E-state index contributed by atoms with van der Waals surface area (Å²) in [6.45, 7) is 0. The van der Waals surface area contributed by atoms with Gasteiger partial charge >= 0.3 is 0 Å². The maximum absolute atomic E-state index is 12.6. The van der Waals surface area contributed by atoms with Crippen LogP contribution in [0.15, 0.2) is 72.8 Å². The van der Waals surface area contributed by atoms with Gasteiger partial charge in [0.15, 0.2) is 0 Å². The predicted molar refractivity (Wildman–Crippen MR) is 102 cm³/mol. The van der Waals surface area contributed by atoms with E-state index in [1.54, 1.807) is 60.7 Å². The van der Waals surface area contributed by atoms with Crippen molar-refractivity contribution >= 4 is 34.3 Å². The summed E-state index contributed by atoms with van der Waals surface area (Å²) in [7, 11) is 0. The van der Waals surface area contributed by atoms with Crippen molar-refractivity contribution in [2.24, 2.45) is 0 Å². The number of nitro groups is 1. The Bertz CT molecular complexity index is 955. The second kappa shape index (κ2) is 7.35. The Balaban J connectivity index is 1.82. The number of nitrogens with zero attached hydrogens (tertiary/aromatic N) is 1. The molecule has 130 valence electrons. The number of amides is 1. The number of nitro benzene ring substituents is 1. The van der Waals surface area contributed by atoms with Crippen molar-refractivity contribution in [3.63, 3.8) is 0 Å². The maximum atomic E-state index is 12.6. The van der Waals surface area contributed by atoms with E-state index in [1.807, 2.05) is 0 Å². The summed E-state index contributed by atoms with van der Waals surface area (Å²) in [6, 6.07) is 20.0. The van der Waals surface area contributed by atoms with Gasteiger partial charge in [0.2, 0.25) is 0 Å². The van der Waals surface area contributed by atoms with Crippen LogP contribution in [0.2, 0.25) is 0 Å². The van der Waals surface area contributed by atoms with Crippen molar-refractivity contribution in [2.45, 2.75) is 0 Å². The van der Waals surface area contributed by atoms with E-state index in [0.29, 0.717) is 28.3 Å². The Morgan fingerprint density at radius 2 is 1.50 bits per heavy atom. The fraction of sp³-hybridized carbons (Fsp3) is 0. The van der Waals surface area contributed by atoms with E-state index in [-0.39, 0.29) is 11.6 Å². The lowest BCUT2D eigenvalue weighted by Crippen LogP contribution is -2.14. The number of hydrogen-bond acceptors (Lipinski definition) is 5. The highest BCUT2D eigenvalue weighted by Gasteiger charge is 2.13. The second-order valence-corrected chi connectivity index (χ2v) is 5.52. The monoisotopic (exact) mass is 348 g/mol. The third kappa shape index (κ3) is 3.78. The fourth-order valence-electron chi connectivity index (χ4n) is 2.41. The molecule has 7 nitrogen and oxygen atoms in total. The molecule has 1 amide bonds. The van der Waals surface area contributed by atoms with Crippen molar-refractivity contribution in [3.05, 3.63) is 88.5 Å². The second-order valence-electron chi connectivity index (χ2n) is 5.52. The van der Waals surface area contributed by atoms with Crippen LogP contribution >= 0.6 is 0 Å². The third-order valence-electron chi connectivity index (χ3n) is 3.74. The first kappa shape index (κ1) is 17.0. The maximum Gasteiger partial charge on any atom is 0.269 e. The molecule has 3 rings (SSSR count). The van der Waals surface area contributed by atoms with E-state index in [0.717, 1.165) is 0 Å². The van der Waals surface area contributed by atoms with Crippen molar-refractivity contribution in [3.8, 4) is 0 Å². The van der Waals surface area contributed by atoms with Gasteiger partial charge in [-0.1, -0.05) is 24.3 Å². The number of benzene rings is 3. The Morgan fingerprint density at radius 3 is 2.15 bits per heavy atom. The Kier molecular flexibility index (Phi) is 4.80. The van der Waals surface area contributed by atoms with Gasteiger partial charge in [-0.15, -0.1) is 0 Å². The van der Waals surface area contributed by atoms with Crippen LogP contribution in [0.5, 0.6) is 0 Å². The predicted octanol–water partition coefficient (Wildman–Crippen LogP) is 4.17. The minimum Gasteiger partial charge on any atom is -0.397 e. The number of nitrogens with one attached hydrogen (secondary N) is 2. The molecule has 3 aromatic rings.